The molecule has 0 amide bonds. The van der Waals surface area contributed by atoms with Gasteiger partial charge in [-0.25, -0.2) is 4.98 Å². The highest BCUT2D eigenvalue weighted by atomic mass is 32.1. The van der Waals surface area contributed by atoms with Crippen LogP contribution in [0.1, 0.15) is 16.4 Å². The summed E-state index contributed by atoms with van der Waals surface area (Å²) < 4.78 is 0. The molecule has 5 heteroatoms. The van der Waals surface area contributed by atoms with Crippen molar-refractivity contribution >= 4 is 17.0 Å². The Bertz CT molecular complexity index is 495. The maximum Gasteiger partial charge on any atom is 0.0898 e. The number of rotatable bonds is 4. The minimum absolute atomic E-state index is 0.470. The van der Waals surface area contributed by atoms with Crippen molar-refractivity contribution in [3.63, 3.8) is 0 Å². The Morgan fingerprint density at radius 2 is 2.24 bits per heavy atom. The fraction of sp³-hybridized carbons (Fsp3) is 0.333. The molecule has 0 spiro atoms. The van der Waals surface area contributed by atoms with Crippen LogP contribution < -0.4 is 10.6 Å². The van der Waals surface area contributed by atoms with Crippen molar-refractivity contribution in [2.45, 2.75) is 20.0 Å². The predicted octanol–water partition coefficient (Wildman–Crippen LogP) is 1.94. The van der Waals surface area contributed by atoms with Crippen LogP contribution in [0, 0.1) is 6.92 Å². The predicted molar refractivity (Wildman–Crippen MR) is 71.1 cm³/mol. The highest BCUT2D eigenvalue weighted by molar-refractivity contribution is 7.09. The van der Waals surface area contributed by atoms with Crippen molar-refractivity contribution in [2.75, 3.05) is 11.9 Å². The summed E-state index contributed by atoms with van der Waals surface area (Å²) >= 11 is 1.68. The molecule has 2 aromatic rings. The number of aryl methyl sites for hydroxylation is 1. The molecule has 0 aromatic carbocycles. The summed E-state index contributed by atoms with van der Waals surface area (Å²) in [7, 11) is 2.05. The molecular weight excluding hydrogens is 232 g/mol. The molecule has 0 fully saturated rings. The summed E-state index contributed by atoms with van der Waals surface area (Å²) in [6.45, 7) is 3.29. The molecule has 0 saturated carbocycles. The lowest BCUT2D eigenvalue weighted by molar-refractivity contribution is 0.881. The second-order valence-corrected chi connectivity index (χ2v) is 4.99. The molecule has 2 rings (SSSR count). The van der Waals surface area contributed by atoms with Gasteiger partial charge in [0.15, 0.2) is 0 Å². The molecule has 0 saturated heterocycles. The maximum atomic E-state index is 5.58. The molecule has 0 bridgehead atoms. The lowest BCUT2D eigenvalue weighted by Gasteiger charge is -2.18. The molecule has 0 aliphatic carbocycles. The average Bonchev–Trinajstić information content (AvgIpc) is 2.75. The first-order valence-electron chi connectivity index (χ1n) is 5.46. The zero-order chi connectivity index (χ0) is 12.3. The van der Waals surface area contributed by atoms with E-state index in [2.05, 4.69) is 20.2 Å². The Morgan fingerprint density at radius 3 is 2.88 bits per heavy atom. The third-order valence-electron chi connectivity index (χ3n) is 2.52. The Morgan fingerprint density at radius 1 is 1.41 bits per heavy atom. The van der Waals surface area contributed by atoms with E-state index in [-0.39, 0.29) is 0 Å². The van der Waals surface area contributed by atoms with E-state index in [9.17, 15) is 0 Å². The fourth-order valence-electron chi connectivity index (χ4n) is 1.63. The molecule has 0 aliphatic rings. The normalized spacial score (nSPS) is 10.5. The van der Waals surface area contributed by atoms with E-state index in [0.717, 1.165) is 28.6 Å². The van der Waals surface area contributed by atoms with Crippen LogP contribution in [0.5, 0.6) is 0 Å². The van der Waals surface area contributed by atoms with Crippen LogP contribution in [0.4, 0.5) is 5.69 Å². The van der Waals surface area contributed by atoms with Crippen molar-refractivity contribution in [1.82, 2.24) is 9.97 Å². The molecule has 4 nitrogen and oxygen atoms in total. The van der Waals surface area contributed by atoms with Crippen LogP contribution in [0.2, 0.25) is 0 Å². The van der Waals surface area contributed by atoms with E-state index < -0.39 is 0 Å². The Kier molecular flexibility index (Phi) is 3.71. The molecular formula is C12H16N4S. The number of aromatic nitrogens is 2. The number of nitrogens with two attached hydrogens (primary N) is 1. The van der Waals surface area contributed by atoms with Crippen LogP contribution in [0.25, 0.3) is 0 Å². The van der Waals surface area contributed by atoms with E-state index >= 15 is 0 Å². The number of anilines is 1. The lowest BCUT2D eigenvalue weighted by Crippen LogP contribution is -2.17. The largest absolute Gasteiger partial charge is 0.369 e. The number of pyridine rings is 1. The van der Waals surface area contributed by atoms with Crippen LogP contribution in [0.15, 0.2) is 23.7 Å². The van der Waals surface area contributed by atoms with E-state index in [1.165, 1.54) is 0 Å². The molecule has 17 heavy (non-hydrogen) atoms. The Labute approximate surface area is 105 Å². The highest BCUT2D eigenvalue weighted by Gasteiger charge is 2.05. The Hall–Kier alpha value is -1.46. The van der Waals surface area contributed by atoms with Crippen LogP contribution in [-0.2, 0) is 13.1 Å². The fourth-order valence-corrected chi connectivity index (χ4v) is 2.23. The standard InChI is InChI=1S/C12H16N4S/c1-9-15-11(8-17-9)7-16(2)12-3-4-14-10(5-12)6-13/h3-5,8H,6-7,13H2,1-2H3. The van der Waals surface area contributed by atoms with Gasteiger partial charge in [-0.3, -0.25) is 4.98 Å². The summed E-state index contributed by atoms with van der Waals surface area (Å²) in [6, 6.07) is 4.00. The first-order chi connectivity index (χ1) is 8.19. The van der Waals surface area contributed by atoms with Gasteiger partial charge in [0, 0.05) is 30.9 Å². The van der Waals surface area contributed by atoms with Crippen LogP contribution in [-0.4, -0.2) is 17.0 Å². The van der Waals surface area contributed by atoms with E-state index in [1.54, 1.807) is 17.5 Å². The van der Waals surface area contributed by atoms with Gasteiger partial charge in [-0.15, -0.1) is 11.3 Å². The summed E-state index contributed by atoms with van der Waals surface area (Å²) in [5.41, 5.74) is 8.70. The van der Waals surface area contributed by atoms with Gasteiger partial charge in [0.1, 0.15) is 0 Å². The van der Waals surface area contributed by atoms with Crippen molar-refractivity contribution in [2.24, 2.45) is 5.73 Å². The first kappa shape index (κ1) is 12.0. The van der Waals surface area contributed by atoms with Gasteiger partial charge in [0.2, 0.25) is 0 Å². The zero-order valence-corrected chi connectivity index (χ0v) is 10.9. The second-order valence-electron chi connectivity index (χ2n) is 3.92. The molecule has 0 unspecified atom stereocenters. The smallest absolute Gasteiger partial charge is 0.0898 e. The summed E-state index contributed by atoms with van der Waals surface area (Å²) in [4.78, 5) is 10.8. The molecule has 0 atom stereocenters. The summed E-state index contributed by atoms with van der Waals surface area (Å²) in [5, 5.41) is 3.20. The second kappa shape index (κ2) is 5.25. The number of hydrogen-bond donors (Lipinski definition) is 1. The van der Waals surface area contributed by atoms with Gasteiger partial charge < -0.3 is 10.6 Å². The molecule has 0 radical (unpaired) electrons. The van der Waals surface area contributed by atoms with Crippen molar-refractivity contribution in [3.8, 4) is 0 Å². The molecule has 90 valence electrons. The number of nitrogens with zero attached hydrogens (tertiary/aromatic N) is 3. The van der Waals surface area contributed by atoms with E-state index in [0.29, 0.717) is 6.54 Å². The minimum Gasteiger partial charge on any atom is -0.369 e. The van der Waals surface area contributed by atoms with Gasteiger partial charge in [-0.1, -0.05) is 0 Å². The maximum absolute atomic E-state index is 5.58. The monoisotopic (exact) mass is 248 g/mol. The quantitative estimate of drug-likeness (QED) is 0.898. The summed E-state index contributed by atoms with van der Waals surface area (Å²) in [6.07, 6.45) is 1.79. The van der Waals surface area contributed by atoms with E-state index in [1.807, 2.05) is 26.1 Å². The van der Waals surface area contributed by atoms with Gasteiger partial charge in [0.25, 0.3) is 0 Å². The van der Waals surface area contributed by atoms with Gasteiger partial charge in [0.05, 0.1) is 22.9 Å². The minimum atomic E-state index is 0.470. The number of hydrogen-bond acceptors (Lipinski definition) is 5. The van der Waals surface area contributed by atoms with Gasteiger partial charge in [-0.05, 0) is 19.1 Å². The molecule has 2 heterocycles. The average molecular weight is 248 g/mol. The van der Waals surface area contributed by atoms with Crippen LogP contribution >= 0.6 is 11.3 Å². The Balaban J connectivity index is 2.11. The third-order valence-corrected chi connectivity index (χ3v) is 3.34. The molecule has 0 aliphatic heterocycles. The van der Waals surface area contributed by atoms with Crippen LogP contribution in [0.3, 0.4) is 0 Å². The van der Waals surface area contributed by atoms with Crippen molar-refractivity contribution in [3.05, 3.63) is 40.1 Å². The topological polar surface area (TPSA) is 55.0 Å². The molecule has 2 aromatic heterocycles. The number of thiazole rings is 1. The SMILES string of the molecule is Cc1nc(CN(C)c2ccnc(CN)c2)cs1. The third kappa shape index (κ3) is 3.01. The first-order valence-corrected chi connectivity index (χ1v) is 6.34. The van der Waals surface area contributed by atoms with Crippen molar-refractivity contribution in [1.29, 1.82) is 0 Å². The van der Waals surface area contributed by atoms with Crippen molar-refractivity contribution < 1.29 is 0 Å². The summed E-state index contributed by atoms with van der Waals surface area (Å²) in [5.74, 6) is 0. The highest BCUT2D eigenvalue weighted by Crippen LogP contribution is 2.16. The zero-order valence-electron chi connectivity index (χ0n) is 10.1. The lowest BCUT2D eigenvalue weighted by atomic mass is 10.3. The van der Waals surface area contributed by atoms with Gasteiger partial charge >= 0.3 is 0 Å². The molecule has 2 N–H and O–H groups in total. The van der Waals surface area contributed by atoms with Gasteiger partial charge in [-0.2, -0.15) is 0 Å². The van der Waals surface area contributed by atoms with E-state index in [4.69, 9.17) is 5.73 Å².